The third-order valence-electron chi connectivity index (χ3n) is 3.66. The van der Waals surface area contributed by atoms with Crippen LogP contribution in [0.25, 0.3) is 15.7 Å². The number of hydrogen-bond donors (Lipinski definition) is 1. The van der Waals surface area contributed by atoms with Gasteiger partial charge in [0, 0.05) is 23.9 Å². The Balaban J connectivity index is 1.42. The highest BCUT2D eigenvalue weighted by molar-refractivity contribution is 7.15. The van der Waals surface area contributed by atoms with E-state index in [0.717, 1.165) is 21.4 Å². The maximum absolute atomic E-state index is 12.9. The van der Waals surface area contributed by atoms with Crippen LogP contribution in [-0.2, 0) is 6.42 Å². The molecule has 4 rings (SSSR count). The number of nitrogens with one attached hydrogen (secondary N) is 1. The predicted molar refractivity (Wildman–Crippen MR) is 96.6 cm³/mol. The van der Waals surface area contributed by atoms with Crippen LogP contribution in [0, 0.1) is 5.82 Å². The maximum Gasteiger partial charge on any atom is 0.251 e. The lowest BCUT2D eigenvalue weighted by atomic mass is 10.2. The van der Waals surface area contributed by atoms with Crippen molar-refractivity contribution in [2.75, 3.05) is 6.54 Å². The number of thiophene rings is 1. The van der Waals surface area contributed by atoms with E-state index in [2.05, 4.69) is 15.4 Å². The Kier molecular flexibility index (Phi) is 4.29. The Labute approximate surface area is 150 Å². The van der Waals surface area contributed by atoms with E-state index in [4.69, 9.17) is 0 Å². The zero-order chi connectivity index (χ0) is 17.2. The van der Waals surface area contributed by atoms with Crippen LogP contribution in [0.1, 0.15) is 16.1 Å². The first-order valence-corrected chi connectivity index (χ1v) is 9.37. The van der Waals surface area contributed by atoms with Crippen molar-refractivity contribution in [2.24, 2.45) is 0 Å². The second kappa shape index (κ2) is 6.73. The lowest BCUT2D eigenvalue weighted by Crippen LogP contribution is -2.26. The maximum atomic E-state index is 12.9. The minimum atomic E-state index is -0.357. The number of fused-ring (bicyclic) bond motifs is 1. The van der Waals surface area contributed by atoms with Crippen LogP contribution >= 0.6 is 22.7 Å². The summed E-state index contributed by atoms with van der Waals surface area (Å²) in [7, 11) is 0. The molecule has 25 heavy (non-hydrogen) atoms. The molecule has 126 valence electrons. The minimum Gasteiger partial charge on any atom is -0.352 e. The number of thiazole rings is 1. The highest BCUT2D eigenvalue weighted by atomic mass is 32.1. The van der Waals surface area contributed by atoms with Gasteiger partial charge in [0.2, 0.25) is 4.96 Å². The standard InChI is InChI=1S/C17H13FN4OS2/c18-12-5-3-11(4-6-12)16(23)19-8-7-13-10-25-17-20-15(21-22(13)17)14-2-1-9-24-14/h1-6,9-10H,7-8H2,(H,19,23). The molecule has 0 aliphatic rings. The van der Waals surface area contributed by atoms with Crippen molar-refractivity contribution in [1.29, 1.82) is 0 Å². The zero-order valence-corrected chi connectivity index (χ0v) is 14.6. The van der Waals surface area contributed by atoms with E-state index < -0.39 is 0 Å². The topological polar surface area (TPSA) is 59.3 Å². The largest absolute Gasteiger partial charge is 0.352 e. The van der Waals surface area contributed by atoms with Crippen molar-refractivity contribution in [3.8, 4) is 10.7 Å². The highest BCUT2D eigenvalue weighted by Crippen LogP contribution is 2.24. The lowest BCUT2D eigenvalue weighted by Gasteiger charge is -2.04. The molecule has 0 bridgehead atoms. The van der Waals surface area contributed by atoms with Crippen molar-refractivity contribution in [3.05, 3.63) is 64.2 Å². The molecular formula is C17H13FN4OS2. The molecule has 8 heteroatoms. The van der Waals surface area contributed by atoms with Gasteiger partial charge in [0.05, 0.1) is 10.6 Å². The molecule has 0 unspecified atom stereocenters. The molecule has 0 spiro atoms. The lowest BCUT2D eigenvalue weighted by molar-refractivity contribution is 0.0954. The Morgan fingerprint density at radius 3 is 2.80 bits per heavy atom. The van der Waals surface area contributed by atoms with Crippen LogP contribution in [0.2, 0.25) is 0 Å². The molecule has 0 fully saturated rings. The van der Waals surface area contributed by atoms with Gasteiger partial charge in [0.25, 0.3) is 5.91 Å². The summed E-state index contributed by atoms with van der Waals surface area (Å²) in [6.07, 6.45) is 0.639. The average molecular weight is 372 g/mol. The quantitative estimate of drug-likeness (QED) is 0.582. The monoisotopic (exact) mass is 372 g/mol. The van der Waals surface area contributed by atoms with Gasteiger partial charge < -0.3 is 5.32 Å². The van der Waals surface area contributed by atoms with Gasteiger partial charge in [0.1, 0.15) is 5.82 Å². The Morgan fingerprint density at radius 2 is 2.04 bits per heavy atom. The fourth-order valence-corrected chi connectivity index (χ4v) is 3.92. The van der Waals surface area contributed by atoms with Gasteiger partial charge in [-0.2, -0.15) is 4.98 Å². The van der Waals surface area contributed by atoms with Gasteiger partial charge in [-0.1, -0.05) is 6.07 Å². The fraction of sp³-hybridized carbons (Fsp3) is 0.118. The molecule has 3 heterocycles. The highest BCUT2D eigenvalue weighted by Gasteiger charge is 2.12. The van der Waals surface area contributed by atoms with E-state index in [9.17, 15) is 9.18 Å². The third kappa shape index (κ3) is 3.31. The summed E-state index contributed by atoms with van der Waals surface area (Å²) in [5.41, 5.74) is 1.44. The second-order valence-electron chi connectivity index (χ2n) is 5.35. The van der Waals surface area contributed by atoms with Crippen molar-refractivity contribution in [3.63, 3.8) is 0 Å². The van der Waals surface area contributed by atoms with Crippen molar-refractivity contribution >= 4 is 33.5 Å². The summed E-state index contributed by atoms with van der Waals surface area (Å²) in [6.45, 7) is 0.468. The minimum absolute atomic E-state index is 0.218. The summed E-state index contributed by atoms with van der Waals surface area (Å²) < 4.78 is 14.7. The van der Waals surface area contributed by atoms with Crippen molar-refractivity contribution in [2.45, 2.75) is 6.42 Å². The summed E-state index contributed by atoms with van der Waals surface area (Å²) in [5, 5.41) is 11.4. The van der Waals surface area contributed by atoms with Crippen LogP contribution in [-0.4, -0.2) is 27.0 Å². The number of aromatic nitrogens is 3. The van der Waals surface area contributed by atoms with E-state index in [0.29, 0.717) is 18.5 Å². The average Bonchev–Trinajstić information content (AvgIpc) is 3.33. The first kappa shape index (κ1) is 15.9. The molecule has 3 aromatic heterocycles. The number of halogens is 1. The molecular weight excluding hydrogens is 359 g/mol. The van der Waals surface area contributed by atoms with Gasteiger partial charge in [-0.25, -0.2) is 8.91 Å². The van der Waals surface area contributed by atoms with E-state index in [1.54, 1.807) is 11.3 Å². The molecule has 0 saturated carbocycles. The van der Waals surface area contributed by atoms with Gasteiger partial charge >= 0.3 is 0 Å². The second-order valence-corrected chi connectivity index (χ2v) is 7.13. The number of hydrogen-bond acceptors (Lipinski definition) is 5. The van der Waals surface area contributed by atoms with Crippen molar-refractivity contribution < 1.29 is 9.18 Å². The molecule has 5 nitrogen and oxygen atoms in total. The number of nitrogens with zero attached hydrogens (tertiary/aromatic N) is 3. The zero-order valence-electron chi connectivity index (χ0n) is 13.0. The fourth-order valence-electron chi connectivity index (χ4n) is 2.41. The molecule has 1 aromatic carbocycles. The van der Waals surface area contributed by atoms with Gasteiger partial charge in [-0.3, -0.25) is 4.79 Å². The van der Waals surface area contributed by atoms with Crippen LogP contribution in [0.4, 0.5) is 4.39 Å². The Morgan fingerprint density at radius 1 is 1.20 bits per heavy atom. The first-order valence-electron chi connectivity index (χ1n) is 7.61. The summed E-state index contributed by atoms with van der Waals surface area (Å²) in [4.78, 5) is 18.4. The number of carbonyl (C=O) groups excluding carboxylic acids is 1. The van der Waals surface area contributed by atoms with Crippen LogP contribution in [0.15, 0.2) is 47.2 Å². The number of benzene rings is 1. The van der Waals surface area contributed by atoms with Crippen LogP contribution in [0.5, 0.6) is 0 Å². The van der Waals surface area contributed by atoms with Gasteiger partial charge in [0.15, 0.2) is 5.82 Å². The van der Waals surface area contributed by atoms with E-state index in [1.165, 1.54) is 35.6 Å². The predicted octanol–water partition coefficient (Wildman–Crippen LogP) is 3.63. The molecule has 4 aromatic rings. The SMILES string of the molecule is O=C(NCCc1csc2nc(-c3cccs3)nn12)c1ccc(F)cc1. The molecule has 0 radical (unpaired) electrons. The molecule has 1 amide bonds. The number of carbonyl (C=O) groups is 1. The number of rotatable bonds is 5. The third-order valence-corrected chi connectivity index (χ3v) is 5.40. The molecule has 0 saturated heterocycles. The van der Waals surface area contributed by atoms with Gasteiger partial charge in [-0.05, 0) is 35.7 Å². The van der Waals surface area contributed by atoms with E-state index in [1.807, 2.05) is 27.4 Å². The van der Waals surface area contributed by atoms with Crippen LogP contribution < -0.4 is 5.32 Å². The molecule has 0 aliphatic heterocycles. The summed E-state index contributed by atoms with van der Waals surface area (Å²) in [5.74, 6) is 0.146. The van der Waals surface area contributed by atoms with Crippen LogP contribution in [0.3, 0.4) is 0 Å². The Bertz CT molecular complexity index is 1010. The smallest absolute Gasteiger partial charge is 0.251 e. The van der Waals surface area contributed by atoms with E-state index in [-0.39, 0.29) is 11.7 Å². The van der Waals surface area contributed by atoms with Gasteiger partial charge in [-0.15, -0.1) is 27.8 Å². The Hall–Kier alpha value is -2.58. The first-order chi connectivity index (χ1) is 12.2. The molecule has 0 aliphatic carbocycles. The molecule has 0 atom stereocenters. The summed E-state index contributed by atoms with van der Waals surface area (Å²) >= 11 is 3.13. The van der Waals surface area contributed by atoms with Crippen molar-refractivity contribution in [1.82, 2.24) is 19.9 Å². The van der Waals surface area contributed by atoms with E-state index >= 15 is 0 Å². The molecule has 1 N–H and O–H groups in total. The summed E-state index contributed by atoms with van der Waals surface area (Å²) in [6, 6.07) is 9.46. The normalized spacial score (nSPS) is 11.1. The number of amides is 1.